The largest absolute Gasteiger partial charge is 0.423 e. The van der Waals surface area contributed by atoms with Gasteiger partial charge >= 0.3 is 6.18 Å². The van der Waals surface area contributed by atoms with E-state index >= 15 is 0 Å². The molecule has 17 heavy (non-hydrogen) atoms. The average molecular weight is 336 g/mol. The molecule has 1 aromatic carbocycles. The minimum absolute atomic E-state index is 0.218. The third-order valence-electron chi connectivity index (χ3n) is 1.84. The molecule has 0 aliphatic carbocycles. The maximum absolute atomic E-state index is 13.1. The summed E-state index contributed by atoms with van der Waals surface area (Å²) in [5.74, 6) is 0. The van der Waals surface area contributed by atoms with Gasteiger partial charge in [-0.15, -0.1) is 0 Å². The SMILES string of the molecule is NS(=O)(=O)c1c(Br)cccc1C(F)C(F)(F)F. The number of nitrogens with two attached hydrogens (primary N) is 1. The molecule has 0 spiro atoms. The number of alkyl halides is 4. The molecule has 96 valence electrons. The number of primary sulfonamides is 1. The van der Waals surface area contributed by atoms with Crippen LogP contribution in [-0.4, -0.2) is 14.6 Å². The molecular weight excluding hydrogens is 330 g/mol. The summed E-state index contributed by atoms with van der Waals surface area (Å²) in [6.07, 6.45) is -8.60. The summed E-state index contributed by atoms with van der Waals surface area (Å²) in [5.41, 5.74) is -1.03. The molecule has 1 rings (SSSR count). The molecule has 9 heteroatoms. The van der Waals surface area contributed by atoms with E-state index < -0.39 is 32.8 Å². The van der Waals surface area contributed by atoms with Crippen LogP contribution in [0.25, 0.3) is 0 Å². The highest BCUT2D eigenvalue weighted by Gasteiger charge is 2.43. The van der Waals surface area contributed by atoms with Crippen LogP contribution in [0.1, 0.15) is 11.7 Å². The van der Waals surface area contributed by atoms with Gasteiger partial charge in [0.1, 0.15) is 4.90 Å². The lowest BCUT2D eigenvalue weighted by Crippen LogP contribution is -2.22. The van der Waals surface area contributed by atoms with Crippen molar-refractivity contribution >= 4 is 26.0 Å². The van der Waals surface area contributed by atoms with Crippen LogP contribution in [0.3, 0.4) is 0 Å². The zero-order valence-corrected chi connectivity index (χ0v) is 10.4. The summed E-state index contributed by atoms with van der Waals surface area (Å²) in [6, 6.07) is 2.97. The number of rotatable bonds is 2. The number of halogens is 5. The number of hydrogen-bond acceptors (Lipinski definition) is 2. The van der Waals surface area contributed by atoms with Gasteiger partial charge in [0.2, 0.25) is 16.2 Å². The molecule has 0 fully saturated rings. The minimum Gasteiger partial charge on any atom is -0.232 e. The molecule has 1 aromatic rings. The molecule has 0 aromatic heterocycles. The second-order valence-corrected chi connectivity index (χ2v) is 5.46. The molecule has 0 saturated heterocycles. The van der Waals surface area contributed by atoms with E-state index in [0.717, 1.165) is 18.2 Å². The van der Waals surface area contributed by atoms with E-state index in [0.29, 0.717) is 0 Å². The van der Waals surface area contributed by atoms with Crippen LogP contribution < -0.4 is 5.14 Å². The Hall–Kier alpha value is -0.670. The highest BCUT2D eigenvalue weighted by molar-refractivity contribution is 9.10. The Morgan fingerprint density at radius 2 is 1.82 bits per heavy atom. The fourth-order valence-corrected chi connectivity index (χ4v) is 3.10. The molecule has 0 amide bonds. The minimum atomic E-state index is -5.19. The fourth-order valence-electron chi connectivity index (χ4n) is 1.20. The number of sulfonamides is 1. The zero-order chi connectivity index (χ0) is 13.4. The van der Waals surface area contributed by atoms with Crippen molar-refractivity contribution in [3.8, 4) is 0 Å². The molecule has 3 nitrogen and oxygen atoms in total. The van der Waals surface area contributed by atoms with Gasteiger partial charge in [-0.3, -0.25) is 0 Å². The van der Waals surface area contributed by atoms with Gasteiger partial charge in [-0.1, -0.05) is 12.1 Å². The molecule has 1 atom stereocenters. The summed E-state index contributed by atoms with van der Waals surface area (Å²) >= 11 is 2.72. The van der Waals surface area contributed by atoms with Crippen molar-refractivity contribution in [2.75, 3.05) is 0 Å². The third kappa shape index (κ3) is 3.17. The van der Waals surface area contributed by atoms with Gasteiger partial charge in [-0.05, 0) is 22.0 Å². The second-order valence-electron chi connectivity index (χ2n) is 3.11. The smallest absolute Gasteiger partial charge is 0.232 e. The van der Waals surface area contributed by atoms with Gasteiger partial charge < -0.3 is 0 Å². The van der Waals surface area contributed by atoms with Crippen LogP contribution in [0.2, 0.25) is 0 Å². The molecule has 0 heterocycles. The summed E-state index contributed by atoms with van der Waals surface area (Å²) in [7, 11) is -4.46. The van der Waals surface area contributed by atoms with Crippen LogP contribution in [0.5, 0.6) is 0 Å². The van der Waals surface area contributed by atoms with Crippen molar-refractivity contribution in [1.82, 2.24) is 0 Å². The van der Waals surface area contributed by atoms with Crippen LogP contribution in [0, 0.1) is 0 Å². The van der Waals surface area contributed by atoms with Gasteiger partial charge in [0.05, 0.1) is 0 Å². The first kappa shape index (κ1) is 14.4. The second kappa shape index (κ2) is 4.54. The monoisotopic (exact) mass is 335 g/mol. The summed E-state index contributed by atoms with van der Waals surface area (Å²) < 4.78 is 71.8. The normalized spacial score (nSPS) is 14.7. The van der Waals surface area contributed by atoms with E-state index in [4.69, 9.17) is 5.14 Å². The van der Waals surface area contributed by atoms with Gasteiger partial charge in [-0.2, -0.15) is 13.2 Å². The molecular formula is C8H6BrF4NO2S. The number of benzene rings is 1. The molecule has 0 aliphatic heterocycles. The van der Waals surface area contributed by atoms with Crippen molar-refractivity contribution in [1.29, 1.82) is 0 Å². The van der Waals surface area contributed by atoms with Crippen LogP contribution in [-0.2, 0) is 10.0 Å². The maximum atomic E-state index is 13.1. The standard InChI is InChI=1S/C8H6BrF4NO2S/c9-5-3-1-2-4(6(5)17(14,15)16)7(10)8(11,12)13/h1-3,7H,(H2,14,15,16). The van der Waals surface area contributed by atoms with Crippen molar-refractivity contribution in [3.63, 3.8) is 0 Å². The van der Waals surface area contributed by atoms with Crippen molar-refractivity contribution < 1.29 is 26.0 Å². The van der Waals surface area contributed by atoms with E-state index in [1.807, 2.05) is 0 Å². The van der Waals surface area contributed by atoms with E-state index in [2.05, 4.69) is 15.9 Å². The Morgan fingerprint density at radius 3 is 2.24 bits per heavy atom. The first-order valence-corrected chi connectivity index (χ1v) is 6.41. The Morgan fingerprint density at radius 1 is 1.29 bits per heavy atom. The predicted octanol–water partition coefficient (Wildman–Crippen LogP) is 2.67. The van der Waals surface area contributed by atoms with Gasteiger partial charge in [0.15, 0.2) is 0 Å². The van der Waals surface area contributed by atoms with Crippen LogP contribution in [0.4, 0.5) is 17.6 Å². The highest BCUT2D eigenvalue weighted by atomic mass is 79.9. The maximum Gasteiger partial charge on any atom is 0.423 e. The van der Waals surface area contributed by atoms with Crippen molar-refractivity contribution in [3.05, 3.63) is 28.2 Å². The Balaban J connectivity index is 3.51. The molecule has 0 aliphatic rings. The van der Waals surface area contributed by atoms with E-state index in [-0.39, 0.29) is 4.47 Å². The Labute approximate surface area is 103 Å². The van der Waals surface area contributed by atoms with Crippen molar-refractivity contribution in [2.24, 2.45) is 5.14 Å². The van der Waals surface area contributed by atoms with E-state index in [9.17, 15) is 26.0 Å². The molecule has 2 N–H and O–H groups in total. The van der Waals surface area contributed by atoms with E-state index in [1.54, 1.807) is 0 Å². The molecule has 0 bridgehead atoms. The Kier molecular flexibility index (Phi) is 3.84. The third-order valence-corrected chi connectivity index (χ3v) is 3.79. The molecule has 0 radical (unpaired) electrons. The Bertz CT molecular complexity index is 529. The average Bonchev–Trinajstić information content (AvgIpc) is 2.12. The number of hydrogen-bond donors (Lipinski definition) is 1. The van der Waals surface area contributed by atoms with Gasteiger partial charge in [0, 0.05) is 10.0 Å². The lowest BCUT2D eigenvalue weighted by atomic mass is 10.1. The van der Waals surface area contributed by atoms with Crippen LogP contribution >= 0.6 is 15.9 Å². The van der Waals surface area contributed by atoms with Gasteiger partial charge in [0.25, 0.3) is 0 Å². The topological polar surface area (TPSA) is 60.2 Å². The lowest BCUT2D eigenvalue weighted by Gasteiger charge is -2.16. The quantitative estimate of drug-likeness (QED) is 0.844. The van der Waals surface area contributed by atoms with Gasteiger partial charge in [-0.25, -0.2) is 17.9 Å². The predicted molar refractivity (Wildman–Crippen MR) is 55.4 cm³/mol. The highest BCUT2D eigenvalue weighted by Crippen LogP contribution is 2.40. The zero-order valence-electron chi connectivity index (χ0n) is 8.00. The molecule has 1 unspecified atom stereocenters. The van der Waals surface area contributed by atoms with E-state index in [1.165, 1.54) is 0 Å². The first-order chi connectivity index (χ1) is 7.55. The fraction of sp³-hybridized carbons (Fsp3) is 0.250. The molecule has 0 saturated carbocycles. The van der Waals surface area contributed by atoms with Crippen LogP contribution in [0.15, 0.2) is 27.6 Å². The summed E-state index contributed by atoms with van der Waals surface area (Å²) in [6.45, 7) is 0. The first-order valence-electron chi connectivity index (χ1n) is 4.07. The summed E-state index contributed by atoms with van der Waals surface area (Å²) in [4.78, 5) is -0.898. The summed E-state index contributed by atoms with van der Waals surface area (Å²) in [5, 5.41) is 4.75. The van der Waals surface area contributed by atoms with Crippen molar-refractivity contribution in [2.45, 2.75) is 17.2 Å². The lowest BCUT2D eigenvalue weighted by molar-refractivity contribution is -0.183.